The average Bonchev–Trinajstić information content (AvgIpc) is 2.47. The highest BCUT2D eigenvalue weighted by Gasteiger charge is 2.29. The molecule has 0 amide bonds. The van der Waals surface area contributed by atoms with Gasteiger partial charge < -0.3 is 5.11 Å². The van der Waals surface area contributed by atoms with E-state index in [0.29, 0.717) is 18.0 Å². The molecule has 2 nitrogen and oxygen atoms in total. The van der Waals surface area contributed by atoms with E-state index >= 15 is 0 Å². The first-order chi connectivity index (χ1) is 10.4. The SMILES string of the molecule is CC(O)C1CCN(CC#Cc2ccc(C(F)(F)F)cc2)CC1. The minimum Gasteiger partial charge on any atom is -0.393 e. The molecule has 1 atom stereocenters. The molecule has 0 aromatic heterocycles. The van der Waals surface area contributed by atoms with Gasteiger partial charge in [-0.2, -0.15) is 13.2 Å². The van der Waals surface area contributed by atoms with E-state index in [1.165, 1.54) is 12.1 Å². The fourth-order valence-electron chi connectivity index (χ4n) is 2.59. The van der Waals surface area contributed by atoms with Crippen molar-refractivity contribution in [1.29, 1.82) is 0 Å². The summed E-state index contributed by atoms with van der Waals surface area (Å²) in [4.78, 5) is 2.20. The first-order valence-electron chi connectivity index (χ1n) is 7.43. The number of hydrogen-bond acceptors (Lipinski definition) is 2. The summed E-state index contributed by atoms with van der Waals surface area (Å²) in [6, 6.07) is 4.90. The molecule has 1 unspecified atom stereocenters. The van der Waals surface area contributed by atoms with Gasteiger partial charge in [-0.3, -0.25) is 4.90 Å². The summed E-state index contributed by atoms with van der Waals surface area (Å²) in [6.45, 7) is 4.23. The largest absolute Gasteiger partial charge is 0.416 e. The molecule has 120 valence electrons. The van der Waals surface area contributed by atoms with E-state index in [1.54, 1.807) is 0 Å². The molecule has 1 heterocycles. The van der Waals surface area contributed by atoms with Crippen molar-refractivity contribution >= 4 is 0 Å². The predicted molar refractivity (Wildman–Crippen MR) is 79.2 cm³/mol. The van der Waals surface area contributed by atoms with Crippen LogP contribution in [0, 0.1) is 17.8 Å². The molecule has 1 aromatic carbocycles. The Balaban J connectivity index is 1.84. The molecular formula is C17H20F3NO. The van der Waals surface area contributed by atoms with Gasteiger partial charge in [-0.1, -0.05) is 11.8 Å². The van der Waals surface area contributed by atoms with Crippen molar-refractivity contribution in [2.45, 2.75) is 32.0 Å². The lowest BCUT2D eigenvalue weighted by atomic mass is 9.92. The first kappa shape index (κ1) is 16.9. The zero-order valence-electron chi connectivity index (χ0n) is 12.5. The molecule has 1 saturated heterocycles. The summed E-state index contributed by atoms with van der Waals surface area (Å²) >= 11 is 0. The Kier molecular flexibility index (Phi) is 5.49. The third kappa shape index (κ3) is 4.75. The zero-order valence-corrected chi connectivity index (χ0v) is 12.5. The van der Waals surface area contributed by atoms with Crippen molar-refractivity contribution < 1.29 is 18.3 Å². The summed E-state index contributed by atoms with van der Waals surface area (Å²) in [5, 5.41) is 9.54. The Hall–Kier alpha value is -1.51. The van der Waals surface area contributed by atoms with Crippen LogP contribution in [-0.4, -0.2) is 35.7 Å². The second kappa shape index (κ2) is 7.17. The van der Waals surface area contributed by atoms with Gasteiger partial charge in [0.05, 0.1) is 18.2 Å². The van der Waals surface area contributed by atoms with Crippen LogP contribution in [0.2, 0.25) is 0 Å². The summed E-state index contributed by atoms with van der Waals surface area (Å²) in [6.07, 6.45) is -2.65. The quantitative estimate of drug-likeness (QED) is 0.848. The molecular weight excluding hydrogens is 291 g/mol. The van der Waals surface area contributed by atoms with Crippen LogP contribution in [0.3, 0.4) is 0 Å². The minimum atomic E-state index is -4.31. The van der Waals surface area contributed by atoms with Crippen LogP contribution in [0.5, 0.6) is 0 Å². The number of hydrogen-bond donors (Lipinski definition) is 1. The number of nitrogens with zero attached hydrogens (tertiary/aromatic N) is 1. The molecule has 0 radical (unpaired) electrons. The number of alkyl halides is 3. The third-order valence-corrected chi connectivity index (χ3v) is 4.06. The van der Waals surface area contributed by atoms with E-state index in [9.17, 15) is 18.3 Å². The first-order valence-corrected chi connectivity index (χ1v) is 7.43. The molecule has 1 fully saturated rings. The van der Waals surface area contributed by atoms with Crippen LogP contribution >= 0.6 is 0 Å². The maximum absolute atomic E-state index is 12.4. The molecule has 0 bridgehead atoms. The molecule has 22 heavy (non-hydrogen) atoms. The van der Waals surface area contributed by atoms with Crippen molar-refractivity contribution in [3.63, 3.8) is 0 Å². The topological polar surface area (TPSA) is 23.5 Å². The molecule has 2 rings (SSSR count). The zero-order chi connectivity index (χ0) is 16.2. The van der Waals surface area contributed by atoms with Gasteiger partial charge in [0.15, 0.2) is 0 Å². The van der Waals surface area contributed by atoms with Gasteiger partial charge in [-0.25, -0.2) is 0 Å². The number of aliphatic hydroxyl groups is 1. The van der Waals surface area contributed by atoms with Gasteiger partial charge in [0.25, 0.3) is 0 Å². The standard InChI is InChI=1S/C17H20F3NO/c1-13(22)15-8-11-21(12-9-15)10-2-3-14-4-6-16(7-5-14)17(18,19)20/h4-7,13,15,22H,8-12H2,1H3. The lowest BCUT2D eigenvalue weighted by Crippen LogP contribution is -2.37. The van der Waals surface area contributed by atoms with E-state index in [2.05, 4.69) is 16.7 Å². The molecule has 0 saturated carbocycles. The molecule has 5 heteroatoms. The Morgan fingerprint density at radius 1 is 1.23 bits per heavy atom. The smallest absolute Gasteiger partial charge is 0.393 e. The maximum Gasteiger partial charge on any atom is 0.416 e. The highest BCUT2D eigenvalue weighted by molar-refractivity contribution is 5.37. The van der Waals surface area contributed by atoms with Crippen LogP contribution in [0.15, 0.2) is 24.3 Å². The maximum atomic E-state index is 12.4. The minimum absolute atomic E-state index is 0.264. The number of aliphatic hydroxyl groups excluding tert-OH is 1. The second-order valence-corrected chi connectivity index (χ2v) is 5.73. The lowest BCUT2D eigenvalue weighted by molar-refractivity contribution is -0.137. The normalized spacial score (nSPS) is 18.6. The lowest BCUT2D eigenvalue weighted by Gasteiger charge is -2.31. The molecule has 1 aliphatic heterocycles. The van der Waals surface area contributed by atoms with E-state index in [4.69, 9.17) is 0 Å². The predicted octanol–water partition coefficient (Wildman–Crippen LogP) is 3.15. The van der Waals surface area contributed by atoms with Crippen LogP contribution < -0.4 is 0 Å². The van der Waals surface area contributed by atoms with Crippen LogP contribution in [0.4, 0.5) is 13.2 Å². The van der Waals surface area contributed by atoms with Crippen molar-refractivity contribution in [3.05, 3.63) is 35.4 Å². The van der Waals surface area contributed by atoms with E-state index < -0.39 is 11.7 Å². The third-order valence-electron chi connectivity index (χ3n) is 4.06. The van der Waals surface area contributed by atoms with Crippen molar-refractivity contribution in [2.75, 3.05) is 19.6 Å². The fourth-order valence-corrected chi connectivity index (χ4v) is 2.59. The van der Waals surface area contributed by atoms with Gasteiger partial charge in [0, 0.05) is 5.56 Å². The van der Waals surface area contributed by atoms with Crippen molar-refractivity contribution in [2.24, 2.45) is 5.92 Å². The number of piperidine rings is 1. The highest BCUT2D eigenvalue weighted by atomic mass is 19.4. The van der Waals surface area contributed by atoms with E-state index in [0.717, 1.165) is 38.1 Å². The summed E-state index contributed by atoms with van der Waals surface area (Å²) in [7, 11) is 0. The van der Waals surface area contributed by atoms with Gasteiger partial charge in [-0.15, -0.1) is 0 Å². The van der Waals surface area contributed by atoms with Crippen molar-refractivity contribution in [3.8, 4) is 11.8 Å². The van der Waals surface area contributed by atoms with Gasteiger partial charge >= 0.3 is 6.18 Å². The van der Waals surface area contributed by atoms with Gasteiger partial charge in [0.1, 0.15) is 0 Å². The van der Waals surface area contributed by atoms with E-state index in [-0.39, 0.29) is 6.10 Å². The second-order valence-electron chi connectivity index (χ2n) is 5.73. The Labute approximate surface area is 128 Å². The van der Waals surface area contributed by atoms with Crippen LogP contribution in [0.1, 0.15) is 30.9 Å². The number of halogens is 3. The molecule has 1 aliphatic rings. The Morgan fingerprint density at radius 2 is 1.82 bits per heavy atom. The molecule has 1 N–H and O–H groups in total. The molecule has 1 aromatic rings. The highest BCUT2D eigenvalue weighted by Crippen LogP contribution is 2.28. The Bertz CT molecular complexity index is 532. The summed E-state index contributed by atoms with van der Waals surface area (Å²) in [5.74, 6) is 6.26. The summed E-state index contributed by atoms with van der Waals surface area (Å²) in [5.41, 5.74) is -0.0647. The summed E-state index contributed by atoms with van der Waals surface area (Å²) < 4.78 is 37.3. The molecule has 0 aliphatic carbocycles. The Morgan fingerprint density at radius 3 is 2.32 bits per heavy atom. The van der Waals surface area contributed by atoms with Gasteiger partial charge in [0.2, 0.25) is 0 Å². The van der Waals surface area contributed by atoms with Crippen LogP contribution in [-0.2, 0) is 6.18 Å². The van der Waals surface area contributed by atoms with Crippen LogP contribution in [0.25, 0.3) is 0 Å². The fraction of sp³-hybridized carbons (Fsp3) is 0.529. The number of benzene rings is 1. The monoisotopic (exact) mass is 311 g/mol. The average molecular weight is 311 g/mol. The molecule has 0 spiro atoms. The number of likely N-dealkylation sites (tertiary alicyclic amines) is 1. The van der Waals surface area contributed by atoms with Gasteiger partial charge in [-0.05, 0) is 63.0 Å². The number of rotatable bonds is 2. The van der Waals surface area contributed by atoms with Crippen molar-refractivity contribution in [1.82, 2.24) is 4.90 Å². The van der Waals surface area contributed by atoms with E-state index in [1.807, 2.05) is 6.92 Å².